The number of hydrogen-bond donors (Lipinski definition) is 2. The van der Waals surface area contributed by atoms with Crippen molar-refractivity contribution in [3.05, 3.63) is 29.8 Å². The molecule has 0 saturated heterocycles. The van der Waals surface area contributed by atoms with Gasteiger partial charge in [0, 0.05) is 6.42 Å². The first-order chi connectivity index (χ1) is 9.08. The van der Waals surface area contributed by atoms with Gasteiger partial charge in [0.2, 0.25) is 0 Å². The van der Waals surface area contributed by atoms with Crippen LogP contribution in [0.5, 0.6) is 5.75 Å². The van der Waals surface area contributed by atoms with Gasteiger partial charge in [0.15, 0.2) is 5.78 Å². The maximum Gasteiger partial charge on any atom is 0.163 e. The number of ether oxygens (including phenoxy) is 2. The first kappa shape index (κ1) is 15.6. The Morgan fingerprint density at radius 1 is 1.26 bits per heavy atom. The van der Waals surface area contributed by atoms with E-state index in [9.17, 15) is 15.0 Å². The van der Waals surface area contributed by atoms with E-state index in [1.54, 1.807) is 14.0 Å². The Labute approximate surface area is 112 Å². The minimum absolute atomic E-state index is 0.0844. The SMILES string of the molecule is CCC(=O)[C@H](O)[C@@H](O)COCc1ccc(OC)cc1. The van der Waals surface area contributed by atoms with Gasteiger partial charge in [0.05, 0.1) is 20.3 Å². The molecule has 0 aliphatic carbocycles. The summed E-state index contributed by atoms with van der Waals surface area (Å²) < 4.78 is 10.3. The molecule has 19 heavy (non-hydrogen) atoms. The Balaban J connectivity index is 2.34. The van der Waals surface area contributed by atoms with Crippen LogP contribution in [0, 0.1) is 0 Å². The normalized spacial score (nSPS) is 13.9. The van der Waals surface area contributed by atoms with Crippen LogP contribution < -0.4 is 4.74 Å². The van der Waals surface area contributed by atoms with Crippen molar-refractivity contribution in [2.24, 2.45) is 0 Å². The molecule has 0 amide bonds. The van der Waals surface area contributed by atoms with E-state index in [0.29, 0.717) is 6.61 Å². The van der Waals surface area contributed by atoms with Gasteiger partial charge in [0.25, 0.3) is 0 Å². The van der Waals surface area contributed by atoms with E-state index in [-0.39, 0.29) is 18.8 Å². The van der Waals surface area contributed by atoms with Gasteiger partial charge in [-0.15, -0.1) is 0 Å². The van der Waals surface area contributed by atoms with Crippen molar-refractivity contribution in [1.82, 2.24) is 0 Å². The minimum atomic E-state index is -1.37. The third-order valence-electron chi connectivity index (χ3n) is 2.76. The Bertz CT molecular complexity index is 387. The zero-order valence-corrected chi connectivity index (χ0v) is 11.2. The number of carbonyl (C=O) groups is 1. The summed E-state index contributed by atoms with van der Waals surface area (Å²) in [6, 6.07) is 7.31. The number of aliphatic hydroxyl groups is 2. The monoisotopic (exact) mass is 268 g/mol. The molecule has 2 N–H and O–H groups in total. The van der Waals surface area contributed by atoms with E-state index >= 15 is 0 Å². The molecule has 1 aromatic carbocycles. The summed E-state index contributed by atoms with van der Waals surface area (Å²) in [7, 11) is 1.59. The molecule has 0 fully saturated rings. The molecule has 2 atom stereocenters. The van der Waals surface area contributed by atoms with E-state index in [1.165, 1.54) is 0 Å². The predicted molar refractivity (Wildman–Crippen MR) is 70.0 cm³/mol. The molecule has 0 aromatic heterocycles. The Hall–Kier alpha value is -1.43. The lowest BCUT2D eigenvalue weighted by molar-refractivity contribution is -0.135. The first-order valence-corrected chi connectivity index (χ1v) is 6.18. The molecule has 1 aromatic rings. The summed E-state index contributed by atoms with van der Waals surface area (Å²) in [5.74, 6) is 0.369. The van der Waals surface area contributed by atoms with Gasteiger partial charge in [-0.2, -0.15) is 0 Å². The second-order valence-corrected chi connectivity index (χ2v) is 4.20. The molecule has 0 radical (unpaired) electrons. The van der Waals surface area contributed by atoms with Crippen molar-refractivity contribution in [3.8, 4) is 5.75 Å². The van der Waals surface area contributed by atoms with Crippen LogP contribution in [0.25, 0.3) is 0 Å². The van der Waals surface area contributed by atoms with Crippen molar-refractivity contribution >= 4 is 5.78 Å². The van der Waals surface area contributed by atoms with Crippen molar-refractivity contribution < 1.29 is 24.5 Å². The maximum atomic E-state index is 11.2. The molecule has 1 rings (SSSR count). The second-order valence-electron chi connectivity index (χ2n) is 4.20. The zero-order valence-electron chi connectivity index (χ0n) is 11.2. The second kappa shape index (κ2) is 7.89. The maximum absolute atomic E-state index is 11.2. The lowest BCUT2D eigenvalue weighted by atomic mass is 10.1. The lowest BCUT2D eigenvalue weighted by Gasteiger charge is -2.16. The highest BCUT2D eigenvalue weighted by Crippen LogP contribution is 2.12. The average Bonchev–Trinajstić information content (AvgIpc) is 2.46. The van der Waals surface area contributed by atoms with Crippen LogP contribution in [0.1, 0.15) is 18.9 Å². The fraction of sp³-hybridized carbons (Fsp3) is 0.500. The Morgan fingerprint density at radius 2 is 1.89 bits per heavy atom. The summed E-state index contributed by atoms with van der Waals surface area (Å²) >= 11 is 0. The van der Waals surface area contributed by atoms with Crippen LogP contribution in [0.15, 0.2) is 24.3 Å². The molecule has 0 heterocycles. The van der Waals surface area contributed by atoms with E-state index in [0.717, 1.165) is 11.3 Å². The number of benzene rings is 1. The molecule has 5 heteroatoms. The number of hydrogen-bond acceptors (Lipinski definition) is 5. The summed E-state index contributed by atoms with van der Waals surface area (Å²) in [6.07, 6.45) is -2.37. The number of ketones is 1. The third kappa shape index (κ3) is 4.98. The molecular weight excluding hydrogens is 248 g/mol. The van der Waals surface area contributed by atoms with E-state index in [2.05, 4.69) is 0 Å². The van der Waals surface area contributed by atoms with Crippen LogP contribution in [-0.2, 0) is 16.1 Å². The van der Waals surface area contributed by atoms with Crippen LogP contribution in [0.2, 0.25) is 0 Å². The number of carbonyl (C=O) groups excluding carboxylic acids is 1. The van der Waals surface area contributed by atoms with E-state index in [4.69, 9.17) is 9.47 Å². The summed E-state index contributed by atoms with van der Waals surface area (Å²) in [5.41, 5.74) is 0.921. The topological polar surface area (TPSA) is 76.0 Å². The van der Waals surface area contributed by atoms with E-state index in [1.807, 2.05) is 24.3 Å². The molecule has 0 aliphatic rings. The average molecular weight is 268 g/mol. The lowest BCUT2D eigenvalue weighted by Crippen LogP contribution is -2.36. The van der Waals surface area contributed by atoms with Crippen LogP contribution in [0.3, 0.4) is 0 Å². The van der Waals surface area contributed by atoms with Crippen molar-refractivity contribution in [3.63, 3.8) is 0 Å². The molecule has 0 aliphatic heterocycles. The third-order valence-corrected chi connectivity index (χ3v) is 2.76. The van der Waals surface area contributed by atoms with Crippen molar-refractivity contribution in [2.45, 2.75) is 32.2 Å². The molecule has 0 saturated carbocycles. The molecular formula is C14H20O5. The van der Waals surface area contributed by atoms with Gasteiger partial charge in [0.1, 0.15) is 18.0 Å². The molecule has 0 bridgehead atoms. The number of methoxy groups -OCH3 is 1. The van der Waals surface area contributed by atoms with Gasteiger partial charge < -0.3 is 19.7 Å². The van der Waals surface area contributed by atoms with Crippen molar-refractivity contribution in [2.75, 3.05) is 13.7 Å². The summed E-state index contributed by atoms with van der Waals surface area (Å²) in [5, 5.41) is 19.0. The van der Waals surface area contributed by atoms with Crippen LogP contribution in [0.4, 0.5) is 0 Å². The molecule has 5 nitrogen and oxygen atoms in total. The van der Waals surface area contributed by atoms with Crippen LogP contribution >= 0.6 is 0 Å². The van der Waals surface area contributed by atoms with Gasteiger partial charge in [-0.1, -0.05) is 19.1 Å². The quantitative estimate of drug-likeness (QED) is 0.733. The predicted octanol–water partition coefficient (Wildman–Crippen LogP) is 0.913. The van der Waals surface area contributed by atoms with Gasteiger partial charge in [-0.05, 0) is 17.7 Å². The van der Waals surface area contributed by atoms with E-state index < -0.39 is 12.2 Å². The summed E-state index contributed by atoms with van der Waals surface area (Å²) in [6.45, 7) is 1.85. The van der Waals surface area contributed by atoms with Gasteiger partial charge >= 0.3 is 0 Å². The minimum Gasteiger partial charge on any atom is -0.497 e. The number of rotatable bonds is 8. The molecule has 106 valence electrons. The van der Waals surface area contributed by atoms with Crippen molar-refractivity contribution in [1.29, 1.82) is 0 Å². The smallest absolute Gasteiger partial charge is 0.163 e. The fourth-order valence-electron chi connectivity index (χ4n) is 1.53. The standard InChI is InChI=1S/C14H20O5/c1-3-12(15)14(17)13(16)9-19-8-10-4-6-11(18-2)7-5-10/h4-7,13-14,16-17H,3,8-9H2,1-2H3/t13-,14-/m0/s1. The van der Waals surface area contributed by atoms with Gasteiger partial charge in [-0.25, -0.2) is 0 Å². The Kier molecular flexibility index (Phi) is 6.49. The zero-order chi connectivity index (χ0) is 14.3. The molecule has 0 unspecified atom stereocenters. The van der Waals surface area contributed by atoms with Crippen LogP contribution in [-0.4, -0.2) is 41.9 Å². The highest BCUT2D eigenvalue weighted by atomic mass is 16.5. The number of Topliss-reactive ketones (excluding diaryl/α,β-unsaturated/α-hetero) is 1. The fourth-order valence-corrected chi connectivity index (χ4v) is 1.53. The summed E-state index contributed by atoms with van der Waals surface area (Å²) in [4.78, 5) is 11.2. The van der Waals surface area contributed by atoms with Gasteiger partial charge in [-0.3, -0.25) is 4.79 Å². The molecule has 0 spiro atoms. The number of aliphatic hydroxyl groups excluding tert-OH is 2. The largest absolute Gasteiger partial charge is 0.497 e. The highest BCUT2D eigenvalue weighted by Gasteiger charge is 2.22. The Morgan fingerprint density at radius 3 is 2.42 bits per heavy atom. The highest BCUT2D eigenvalue weighted by molar-refractivity contribution is 5.83. The first-order valence-electron chi connectivity index (χ1n) is 6.18.